The van der Waals surface area contributed by atoms with E-state index in [0.717, 1.165) is 42.8 Å². The van der Waals surface area contributed by atoms with E-state index in [9.17, 15) is 0 Å². The fourth-order valence-corrected chi connectivity index (χ4v) is 4.33. The first-order valence-electron chi connectivity index (χ1n) is 4.80. The van der Waals surface area contributed by atoms with Crippen LogP contribution >= 0.6 is 43.2 Å². The van der Waals surface area contributed by atoms with Gasteiger partial charge >= 0.3 is 0 Å². The first kappa shape index (κ1) is 11.5. The summed E-state index contributed by atoms with van der Waals surface area (Å²) in [5.41, 5.74) is 4.16. The molecule has 80 valence electrons. The Morgan fingerprint density at radius 1 is 0.933 bits per heavy atom. The number of thiophene rings is 1. The van der Waals surface area contributed by atoms with E-state index in [1.165, 1.54) is 0 Å². The lowest BCUT2D eigenvalue weighted by Gasteiger charge is -2.03. The van der Waals surface area contributed by atoms with Gasteiger partial charge in [0.2, 0.25) is 0 Å². The molecule has 0 unspecified atom stereocenters. The van der Waals surface area contributed by atoms with E-state index in [2.05, 4.69) is 55.7 Å². The van der Waals surface area contributed by atoms with Gasteiger partial charge in [-0.15, -0.1) is 11.3 Å². The van der Waals surface area contributed by atoms with Crippen molar-refractivity contribution in [1.82, 2.24) is 9.97 Å². The average molecular weight is 350 g/mol. The highest BCUT2D eigenvalue weighted by Gasteiger charge is 2.13. The summed E-state index contributed by atoms with van der Waals surface area (Å²) in [6.45, 7) is 4.23. The number of hydrogen-bond donors (Lipinski definition) is 0. The van der Waals surface area contributed by atoms with Crippen molar-refractivity contribution in [3.05, 3.63) is 19.0 Å². The summed E-state index contributed by atoms with van der Waals surface area (Å²) in [6, 6.07) is 0. The standard InChI is InChI=1S/C10H10Br2N2S/c1-3-5-6(4-2)14-8-7(13-5)9(11)15-10(8)12/h3-4H2,1-2H3. The third kappa shape index (κ3) is 1.97. The van der Waals surface area contributed by atoms with Crippen molar-refractivity contribution in [3.63, 3.8) is 0 Å². The maximum atomic E-state index is 4.66. The van der Waals surface area contributed by atoms with E-state index >= 15 is 0 Å². The summed E-state index contributed by atoms with van der Waals surface area (Å²) in [5.74, 6) is 0. The number of fused-ring (bicyclic) bond motifs is 1. The molecule has 0 saturated carbocycles. The van der Waals surface area contributed by atoms with Crippen LogP contribution in [0.15, 0.2) is 7.57 Å². The molecule has 5 heteroatoms. The molecule has 15 heavy (non-hydrogen) atoms. The highest BCUT2D eigenvalue weighted by Crippen LogP contribution is 2.37. The van der Waals surface area contributed by atoms with Gasteiger partial charge in [-0.05, 0) is 44.7 Å². The number of aryl methyl sites for hydroxylation is 2. The van der Waals surface area contributed by atoms with Gasteiger partial charge in [0, 0.05) is 0 Å². The lowest BCUT2D eigenvalue weighted by Crippen LogP contribution is -1.99. The topological polar surface area (TPSA) is 25.8 Å². The van der Waals surface area contributed by atoms with Gasteiger partial charge in [-0.1, -0.05) is 13.8 Å². The summed E-state index contributed by atoms with van der Waals surface area (Å²) in [4.78, 5) is 9.31. The Morgan fingerprint density at radius 3 is 1.67 bits per heavy atom. The molecule has 0 atom stereocenters. The van der Waals surface area contributed by atoms with E-state index in [0.29, 0.717) is 0 Å². The minimum atomic E-state index is 0.937. The Balaban J connectivity index is 2.77. The summed E-state index contributed by atoms with van der Waals surface area (Å²) in [5, 5.41) is 0. The molecule has 0 aliphatic carbocycles. The molecule has 2 aromatic rings. The monoisotopic (exact) mass is 348 g/mol. The van der Waals surface area contributed by atoms with Crippen LogP contribution in [-0.4, -0.2) is 9.97 Å². The second-order valence-electron chi connectivity index (χ2n) is 3.17. The van der Waals surface area contributed by atoms with Gasteiger partial charge in [-0.2, -0.15) is 0 Å². The van der Waals surface area contributed by atoms with Crippen molar-refractivity contribution in [1.29, 1.82) is 0 Å². The lowest BCUT2D eigenvalue weighted by atomic mass is 10.2. The quantitative estimate of drug-likeness (QED) is 0.805. The molecule has 0 aromatic carbocycles. The molecule has 2 aromatic heterocycles. The van der Waals surface area contributed by atoms with Crippen LogP contribution in [-0.2, 0) is 12.8 Å². The normalized spacial score (nSPS) is 11.2. The molecular weight excluding hydrogens is 340 g/mol. The van der Waals surface area contributed by atoms with Crippen LogP contribution in [0.5, 0.6) is 0 Å². The molecule has 0 aliphatic rings. The van der Waals surface area contributed by atoms with Crippen molar-refractivity contribution in [2.24, 2.45) is 0 Å². The zero-order chi connectivity index (χ0) is 11.0. The molecule has 0 bridgehead atoms. The molecule has 0 N–H and O–H groups in total. The molecular formula is C10H10Br2N2S. The fraction of sp³-hybridized carbons (Fsp3) is 0.400. The van der Waals surface area contributed by atoms with Gasteiger partial charge < -0.3 is 0 Å². The largest absolute Gasteiger partial charge is 0.247 e. The second kappa shape index (κ2) is 4.47. The molecule has 2 nitrogen and oxygen atoms in total. The first-order valence-corrected chi connectivity index (χ1v) is 7.20. The average Bonchev–Trinajstić information content (AvgIpc) is 2.52. The SMILES string of the molecule is CCc1nc2c(Br)sc(Br)c2nc1CC. The van der Waals surface area contributed by atoms with Crippen LogP contribution in [0.25, 0.3) is 11.0 Å². The third-order valence-corrected chi connectivity index (χ3v) is 4.74. The van der Waals surface area contributed by atoms with E-state index < -0.39 is 0 Å². The fourth-order valence-electron chi connectivity index (χ4n) is 1.52. The minimum absolute atomic E-state index is 0.937. The molecule has 0 saturated heterocycles. The van der Waals surface area contributed by atoms with Gasteiger partial charge in [-0.25, -0.2) is 9.97 Å². The van der Waals surface area contributed by atoms with Gasteiger partial charge in [-0.3, -0.25) is 0 Å². The zero-order valence-electron chi connectivity index (χ0n) is 8.47. The van der Waals surface area contributed by atoms with Crippen LogP contribution in [0, 0.1) is 0 Å². The van der Waals surface area contributed by atoms with Crippen LogP contribution < -0.4 is 0 Å². The van der Waals surface area contributed by atoms with Crippen molar-refractivity contribution >= 4 is 54.2 Å². The Hall–Kier alpha value is -0.000000000000000167. The maximum absolute atomic E-state index is 4.66. The molecule has 0 spiro atoms. The maximum Gasteiger partial charge on any atom is 0.115 e. The number of hydrogen-bond acceptors (Lipinski definition) is 3. The molecule has 0 radical (unpaired) electrons. The van der Waals surface area contributed by atoms with Crippen LogP contribution in [0.3, 0.4) is 0 Å². The molecule has 0 amide bonds. The predicted molar refractivity (Wildman–Crippen MR) is 71.6 cm³/mol. The van der Waals surface area contributed by atoms with E-state index in [4.69, 9.17) is 0 Å². The highest BCUT2D eigenvalue weighted by atomic mass is 79.9. The second-order valence-corrected chi connectivity index (χ2v) is 6.83. The summed E-state index contributed by atoms with van der Waals surface area (Å²) in [7, 11) is 0. The predicted octanol–water partition coefficient (Wildman–Crippen LogP) is 4.34. The molecule has 2 rings (SSSR count). The van der Waals surface area contributed by atoms with E-state index in [1.807, 2.05) is 0 Å². The Labute approximate surface area is 109 Å². The van der Waals surface area contributed by atoms with Crippen molar-refractivity contribution in [2.75, 3.05) is 0 Å². The Bertz CT molecular complexity index is 464. The Kier molecular flexibility index (Phi) is 3.42. The van der Waals surface area contributed by atoms with Crippen LogP contribution in [0.2, 0.25) is 0 Å². The van der Waals surface area contributed by atoms with E-state index in [-0.39, 0.29) is 0 Å². The zero-order valence-corrected chi connectivity index (χ0v) is 12.5. The van der Waals surface area contributed by atoms with Gasteiger partial charge in [0.05, 0.1) is 19.0 Å². The third-order valence-electron chi connectivity index (χ3n) is 2.27. The number of halogens is 2. The number of rotatable bonds is 2. The number of aromatic nitrogens is 2. The van der Waals surface area contributed by atoms with Gasteiger partial charge in [0.25, 0.3) is 0 Å². The lowest BCUT2D eigenvalue weighted by molar-refractivity contribution is 0.931. The highest BCUT2D eigenvalue weighted by molar-refractivity contribution is 9.12. The minimum Gasteiger partial charge on any atom is -0.247 e. The van der Waals surface area contributed by atoms with Crippen molar-refractivity contribution in [2.45, 2.75) is 26.7 Å². The van der Waals surface area contributed by atoms with Crippen LogP contribution in [0.4, 0.5) is 0 Å². The smallest absolute Gasteiger partial charge is 0.115 e. The molecule has 2 heterocycles. The van der Waals surface area contributed by atoms with E-state index in [1.54, 1.807) is 11.3 Å². The summed E-state index contributed by atoms with van der Waals surface area (Å²) < 4.78 is 2.10. The first-order chi connectivity index (χ1) is 7.17. The van der Waals surface area contributed by atoms with Gasteiger partial charge in [0.1, 0.15) is 11.0 Å². The van der Waals surface area contributed by atoms with Gasteiger partial charge in [0.15, 0.2) is 0 Å². The van der Waals surface area contributed by atoms with Crippen LogP contribution in [0.1, 0.15) is 25.2 Å². The molecule has 0 aliphatic heterocycles. The summed E-state index contributed by atoms with van der Waals surface area (Å²) >= 11 is 8.66. The summed E-state index contributed by atoms with van der Waals surface area (Å²) in [6.07, 6.45) is 1.87. The molecule has 0 fully saturated rings. The van der Waals surface area contributed by atoms with Crippen molar-refractivity contribution in [3.8, 4) is 0 Å². The Morgan fingerprint density at radius 2 is 1.33 bits per heavy atom. The number of nitrogens with zero attached hydrogens (tertiary/aromatic N) is 2. The van der Waals surface area contributed by atoms with Crippen molar-refractivity contribution < 1.29 is 0 Å².